The van der Waals surface area contributed by atoms with E-state index in [9.17, 15) is 9.59 Å². The smallest absolute Gasteiger partial charge is 0.321 e. The number of carboxylic acid groups (broad SMARTS) is 1. The zero-order valence-corrected chi connectivity index (χ0v) is 12.0. The maximum atomic E-state index is 11.9. The molecule has 1 aromatic carbocycles. The number of carbonyl (C=O) groups excluding carboxylic acids is 1. The van der Waals surface area contributed by atoms with Crippen LogP contribution < -0.4 is 10.6 Å². The van der Waals surface area contributed by atoms with Crippen molar-refractivity contribution in [3.05, 3.63) is 24.3 Å². The molecule has 1 aliphatic carbocycles. The van der Waals surface area contributed by atoms with Crippen molar-refractivity contribution in [3.8, 4) is 0 Å². The number of fused-ring (bicyclic) bond motifs is 1. The minimum atomic E-state index is -0.786. The van der Waals surface area contributed by atoms with E-state index >= 15 is 0 Å². The average Bonchev–Trinajstić information content (AvgIpc) is 3.04. The van der Waals surface area contributed by atoms with Gasteiger partial charge in [0.25, 0.3) is 0 Å². The van der Waals surface area contributed by atoms with Crippen LogP contribution in [-0.2, 0) is 4.79 Å². The van der Waals surface area contributed by atoms with Gasteiger partial charge >= 0.3 is 12.0 Å². The molecule has 110 valence electrons. The van der Waals surface area contributed by atoms with E-state index in [2.05, 4.69) is 15.6 Å². The van der Waals surface area contributed by atoms with Gasteiger partial charge in [-0.25, -0.2) is 9.78 Å². The molecule has 3 N–H and O–H groups in total. The molecule has 1 fully saturated rings. The third kappa shape index (κ3) is 3.13. The molecule has 2 amide bonds. The van der Waals surface area contributed by atoms with Gasteiger partial charge < -0.3 is 10.4 Å². The van der Waals surface area contributed by atoms with Crippen LogP contribution in [0.1, 0.15) is 19.3 Å². The summed E-state index contributed by atoms with van der Waals surface area (Å²) in [6, 6.07) is 7.25. The summed E-state index contributed by atoms with van der Waals surface area (Å²) < 4.78 is 1.01. The standard InChI is InChI=1S/C14H15N3O3S/c18-12(19)8-5-6-9(7-8)15-13(20)17-14-16-10-3-1-2-4-11(10)21-14/h1-4,8-9H,5-7H2,(H,18,19)(H2,15,16,17,20)/t8-,9+/m1/s1. The van der Waals surface area contributed by atoms with Crippen LogP contribution in [0.2, 0.25) is 0 Å². The number of urea groups is 1. The lowest BCUT2D eigenvalue weighted by atomic mass is 10.1. The fraction of sp³-hybridized carbons (Fsp3) is 0.357. The third-order valence-corrected chi connectivity index (χ3v) is 4.58. The van der Waals surface area contributed by atoms with E-state index < -0.39 is 5.97 Å². The largest absolute Gasteiger partial charge is 0.481 e. The van der Waals surface area contributed by atoms with Crippen LogP contribution >= 0.6 is 11.3 Å². The second-order valence-corrected chi connectivity index (χ2v) is 6.16. The van der Waals surface area contributed by atoms with Gasteiger partial charge in [-0.3, -0.25) is 10.1 Å². The quantitative estimate of drug-likeness (QED) is 0.813. The Labute approximate surface area is 125 Å². The van der Waals surface area contributed by atoms with Gasteiger partial charge in [-0.2, -0.15) is 0 Å². The molecule has 3 rings (SSSR count). The summed E-state index contributed by atoms with van der Waals surface area (Å²) >= 11 is 1.41. The number of rotatable bonds is 3. The summed E-state index contributed by atoms with van der Waals surface area (Å²) in [7, 11) is 0. The number of anilines is 1. The molecular weight excluding hydrogens is 290 g/mol. The summed E-state index contributed by atoms with van der Waals surface area (Å²) in [5.74, 6) is -1.14. The summed E-state index contributed by atoms with van der Waals surface area (Å²) in [5, 5.41) is 15.0. The highest BCUT2D eigenvalue weighted by molar-refractivity contribution is 7.22. The first kappa shape index (κ1) is 13.8. The van der Waals surface area contributed by atoms with E-state index in [0.717, 1.165) is 10.2 Å². The number of aromatic nitrogens is 1. The van der Waals surface area contributed by atoms with E-state index in [1.165, 1.54) is 11.3 Å². The van der Waals surface area contributed by atoms with Crippen molar-refractivity contribution in [3.63, 3.8) is 0 Å². The number of nitrogens with zero attached hydrogens (tertiary/aromatic N) is 1. The Morgan fingerprint density at radius 3 is 2.81 bits per heavy atom. The summed E-state index contributed by atoms with van der Waals surface area (Å²) in [6.07, 6.45) is 1.80. The second-order valence-electron chi connectivity index (χ2n) is 5.13. The molecule has 2 atom stereocenters. The van der Waals surface area contributed by atoms with Crippen molar-refractivity contribution in [2.24, 2.45) is 5.92 Å². The van der Waals surface area contributed by atoms with E-state index in [4.69, 9.17) is 5.11 Å². The Bertz CT molecular complexity index is 652. The first-order valence-corrected chi connectivity index (χ1v) is 7.59. The number of thiazole rings is 1. The van der Waals surface area contributed by atoms with Crippen molar-refractivity contribution in [2.75, 3.05) is 5.32 Å². The molecule has 0 radical (unpaired) electrons. The van der Waals surface area contributed by atoms with Gasteiger partial charge in [-0.15, -0.1) is 0 Å². The van der Waals surface area contributed by atoms with Gasteiger partial charge in [0, 0.05) is 6.04 Å². The monoisotopic (exact) mass is 305 g/mol. The maximum absolute atomic E-state index is 11.9. The summed E-state index contributed by atoms with van der Waals surface area (Å²) in [6.45, 7) is 0. The number of hydrogen-bond acceptors (Lipinski definition) is 4. The number of para-hydroxylation sites is 1. The molecule has 1 heterocycles. The predicted octanol–water partition coefficient (Wildman–Crippen LogP) is 2.67. The normalized spacial score (nSPS) is 21.3. The molecular formula is C14H15N3O3S. The molecule has 1 aromatic heterocycles. The lowest BCUT2D eigenvalue weighted by Gasteiger charge is -2.12. The van der Waals surface area contributed by atoms with Gasteiger partial charge in [-0.05, 0) is 31.4 Å². The lowest BCUT2D eigenvalue weighted by Crippen LogP contribution is -2.36. The molecule has 0 bridgehead atoms. The van der Waals surface area contributed by atoms with Crippen molar-refractivity contribution in [2.45, 2.75) is 25.3 Å². The van der Waals surface area contributed by atoms with Crippen LogP contribution in [0.15, 0.2) is 24.3 Å². The van der Waals surface area contributed by atoms with Crippen LogP contribution in [-0.4, -0.2) is 28.1 Å². The van der Waals surface area contributed by atoms with Crippen molar-refractivity contribution < 1.29 is 14.7 Å². The highest BCUT2D eigenvalue weighted by Crippen LogP contribution is 2.27. The first-order chi connectivity index (χ1) is 10.1. The molecule has 0 spiro atoms. The van der Waals surface area contributed by atoms with Crippen molar-refractivity contribution in [1.82, 2.24) is 10.3 Å². The van der Waals surface area contributed by atoms with Gasteiger partial charge in [0.15, 0.2) is 5.13 Å². The Hall–Kier alpha value is -2.15. The Balaban J connectivity index is 1.58. The van der Waals surface area contributed by atoms with Gasteiger partial charge in [0.05, 0.1) is 16.1 Å². The number of benzene rings is 1. The maximum Gasteiger partial charge on any atom is 0.321 e. The number of carboxylic acids is 1. The van der Waals surface area contributed by atoms with Crippen LogP contribution in [0.5, 0.6) is 0 Å². The average molecular weight is 305 g/mol. The molecule has 7 heteroatoms. The zero-order valence-electron chi connectivity index (χ0n) is 11.2. The van der Waals surface area contributed by atoms with E-state index in [1.54, 1.807) is 0 Å². The Morgan fingerprint density at radius 2 is 2.10 bits per heavy atom. The summed E-state index contributed by atoms with van der Waals surface area (Å²) in [4.78, 5) is 27.1. The van der Waals surface area contributed by atoms with Crippen molar-refractivity contribution >= 4 is 38.7 Å². The SMILES string of the molecule is O=C(Nc1nc2ccccc2s1)N[C@H]1CC[C@@H](C(=O)O)C1. The van der Waals surface area contributed by atoms with Gasteiger partial charge in [0.1, 0.15) is 0 Å². The number of nitrogens with one attached hydrogen (secondary N) is 2. The highest BCUT2D eigenvalue weighted by atomic mass is 32.1. The van der Waals surface area contributed by atoms with Crippen molar-refractivity contribution in [1.29, 1.82) is 0 Å². The number of amides is 2. The van der Waals surface area contributed by atoms with Crippen LogP contribution in [0.4, 0.5) is 9.93 Å². The molecule has 0 aliphatic heterocycles. The topological polar surface area (TPSA) is 91.3 Å². The van der Waals surface area contributed by atoms with E-state index in [0.29, 0.717) is 24.4 Å². The predicted molar refractivity (Wildman–Crippen MR) is 80.5 cm³/mol. The summed E-state index contributed by atoms with van der Waals surface area (Å²) in [5.41, 5.74) is 0.851. The Morgan fingerprint density at radius 1 is 1.29 bits per heavy atom. The molecule has 1 aliphatic rings. The zero-order chi connectivity index (χ0) is 14.8. The second kappa shape index (κ2) is 5.69. The lowest BCUT2D eigenvalue weighted by molar-refractivity contribution is -0.141. The van der Waals surface area contributed by atoms with Crippen LogP contribution in [0, 0.1) is 5.92 Å². The number of hydrogen-bond donors (Lipinski definition) is 3. The molecule has 2 aromatic rings. The fourth-order valence-electron chi connectivity index (χ4n) is 2.58. The molecule has 0 unspecified atom stereocenters. The molecule has 21 heavy (non-hydrogen) atoms. The first-order valence-electron chi connectivity index (χ1n) is 6.78. The third-order valence-electron chi connectivity index (χ3n) is 3.63. The van der Waals surface area contributed by atoms with Gasteiger partial charge in [-0.1, -0.05) is 23.5 Å². The highest BCUT2D eigenvalue weighted by Gasteiger charge is 2.30. The van der Waals surface area contributed by atoms with Crippen LogP contribution in [0.25, 0.3) is 10.2 Å². The molecule has 0 saturated heterocycles. The van der Waals surface area contributed by atoms with Gasteiger partial charge in [0.2, 0.25) is 0 Å². The Kier molecular flexibility index (Phi) is 3.74. The van der Waals surface area contributed by atoms with E-state index in [-0.39, 0.29) is 18.0 Å². The number of carbonyl (C=O) groups is 2. The number of aliphatic carboxylic acids is 1. The minimum absolute atomic E-state index is 0.0829. The fourth-order valence-corrected chi connectivity index (χ4v) is 3.44. The van der Waals surface area contributed by atoms with E-state index in [1.807, 2.05) is 24.3 Å². The van der Waals surface area contributed by atoms with Crippen LogP contribution in [0.3, 0.4) is 0 Å². The molecule has 6 nitrogen and oxygen atoms in total. The minimum Gasteiger partial charge on any atom is -0.481 e. The molecule has 1 saturated carbocycles.